The van der Waals surface area contributed by atoms with Crippen molar-refractivity contribution >= 4 is 56.1 Å². The Kier molecular flexibility index (Phi) is 7.58. The summed E-state index contributed by atoms with van der Waals surface area (Å²) in [6, 6.07) is 22.9. The van der Waals surface area contributed by atoms with Crippen LogP contribution in [0, 0.1) is 3.57 Å². The Balaban J connectivity index is 1.44. The molecule has 8 nitrogen and oxygen atoms in total. The molecule has 1 atom stereocenters. The number of urea groups is 1. The van der Waals surface area contributed by atoms with Crippen LogP contribution in [0.2, 0.25) is 0 Å². The first-order valence-corrected chi connectivity index (χ1v) is 13.4. The number of anilines is 1. The van der Waals surface area contributed by atoms with Gasteiger partial charge in [0.1, 0.15) is 12.3 Å². The molecule has 0 spiro atoms. The van der Waals surface area contributed by atoms with Crippen LogP contribution in [-0.4, -0.2) is 39.8 Å². The van der Waals surface area contributed by atoms with Gasteiger partial charge < -0.3 is 20.7 Å². The maximum Gasteiger partial charge on any atom is 0.316 e. The Morgan fingerprint density at radius 3 is 2.59 bits per heavy atom. The van der Waals surface area contributed by atoms with Crippen LogP contribution in [0.3, 0.4) is 0 Å². The van der Waals surface area contributed by atoms with Crippen molar-refractivity contribution in [2.45, 2.75) is 12.6 Å². The van der Waals surface area contributed by atoms with E-state index in [1.165, 1.54) is 0 Å². The lowest BCUT2D eigenvalue weighted by molar-refractivity contribution is -0.128. The predicted octanol–water partition coefficient (Wildman–Crippen LogP) is 5.50. The number of aromatic nitrogens is 2. The molecule has 1 aromatic heterocycles. The van der Waals surface area contributed by atoms with Crippen LogP contribution in [0.15, 0.2) is 83.5 Å². The molecule has 5 rings (SSSR count). The van der Waals surface area contributed by atoms with Gasteiger partial charge in [-0.15, -0.1) is 0 Å². The Hall–Kier alpha value is -3.22. The minimum absolute atomic E-state index is 0.0152. The van der Waals surface area contributed by atoms with Crippen LogP contribution in [0.1, 0.15) is 17.4 Å². The average molecular weight is 672 g/mol. The molecular formula is C27H23BrIN5O3. The lowest BCUT2D eigenvalue weighted by Crippen LogP contribution is -2.30. The largest absolute Gasteiger partial charge is 0.351 e. The number of nitrogens with one attached hydrogen (secondary N) is 1. The van der Waals surface area contributed by atoms with Gasteiger partial charge in [0, 0.05) is 31.9 Å². The fourth-order valence-corrected chi connectivity index (χ4v) is 5.24. The van der Waals surface area contributed by atoms with E-state index in [2.05, 4.69) is 43.8 Å². The van der Waals surface area contributed by atoms with Gasteiger partial charge in [-0.25, -0.2) is 9.48 Å². The summed E-state index contributed by atoms with van der Waals surface area (Å²) in [4.78, 5) is 25.8. The molecule has 37 heavy (non-hydrogen) atoms. The molecule has 1 fully saturated rings. The van der Waals surface area contributed by atoms with Gasteiger partial charge >= 0.3 is 6.03 Å². The zero-order valence-corrected chi connectivity index (χ0v) is 23.3. The van der Waals surface area contributed by atoms with Crippen LogP contribution in [0.25, 0.3) is 16.9 Å². The summed E-state index contributed by atoms with van der Waals surface area (Å²) < 4.78 is 9.70. The number of hydrogen-bond donors (Lipinski definition) is 2. The molecule has 4 aromatic rings. The van der Waals surface area contributed by atoms with Crippen molar-refractivity contribution in [2.75, 3.05) is 18.5 Å². The molecule has 0 unspecified atom stereocenters. The monoisotopic (exact) mass is 671 g/mol. The van der Waals surface area contributed by atoms with E-state index < -0.39 is 12.3 Å². The Morgan fingerprint density at radius 1 is 1.14 bits per heavy atom. The minimum Gasteiger partial charge on any atom is -0.351 e. The van der Waals surface area contributed by atoms with Gasteiger partial charge in [0.25, 0.3) is 5.91 Å². The third-order valence-corrected chi connectivity index (χ3v) is 7.47. The maximum atomic E-state index is 12.9. The standard InChI is InChI=1S/C27H23BrIN5O3/c28-19-7-9-20(10-8-19)34-15-21(25(32-34)18-4-2-1-3-5-18)26-33(24(35)16-37-26)13-12-17-6-11-23(22(29)14-17)31-27(30)36/h1-11,14-15,26H,12-13,16H2,(H3,30,31,36)/t26-/m1/s1. The van der Waals surface area contributed by atoms with Gasteiger partial charge in [-0.1, -0.05) is 52.3 Å². The number of halogens is 2. The minimum atomic E-state index is -0.605. The van der Waals surface area contributed by atoms with Gasteiger partial charge in [0.15, 0.2) is 6.23 Å². The highest BCUT2D eigenvalue weighted by Gasteiger charge is 2.36. The first kappa shape index (κ1) is 25.4. The number of ether oxygens (including phenoxy) is 1. The van der Waals surface area contributed by atoms with Crippen molar-refractivity contribution < 1.29 is 14.3 Å². The summed E-state index contributed by atoms with van der Waals surface area (Å²) in [5, 5.41) is 7.49. The van der Waals surface area contributed by atoms with Crippen molar-refractivity contribution in [3.63, 3.8) is 0 Å². The number of rotatable bonds is 7. The highest BCUT2D eigenvalue weighted by molar-refractivity contribution is 14.1. The van der Waals surface area contributed by atoms with Gasteiger partial charge in [-0.05, 0) is 71.0 Å². The molecule has 1 saturated heterocycles. The van der Waals surface area contributed by atoms with Crippen LogP contribution in [0.5, 0.6) is 0 Å². The van der Waals surface area contributed by atoms with E-state index in [1.54, 1.807) is 4.90 Å². The topological polar surface area (TPSA) is 102 Å². The normalized spacial score (nSPS) is 15.2. The number of carbonyl (C=O) groups excluding carboxylic acids is 2. The first-order chi connectivity index (χ1) is 17.9. The summed E-state index contributed by atoms with van der Waals surface area (Å²) in [7, 11) is 0. The van der Waals surface area contributed by atoms with Gasteiger partial charge in [-0.2, -0.15) is 5.10 Å². The van der Waals surface area contributed by atoms with Gasteiger partial charge in [0.05, 0.1) is 11.4 Å². The van der Waals surface area contributed by atoms with E-state index in [9.17, 15) is 9.59 Å². The molecule has 3 amide bonds. The molecule has 3 aromatic carbocycles. The number of benzene rings is 3. The SMILES string of the molecule is NC(=O)Nc1ccc(CCN2C(=O)CO[C@@H]2c2cn(-c3ccc(Br)cc3)nc2-c2ccccc2)cc1I. The number of hydrogen-bond acceptors (Lipinski definition) is 4. The Labute approximate surface area is 236 Å². The number of carbonyl (C=O) groups is 2. The molecule has 0 aliphatic carbocycles. The molecule has 3 N–H and O–H groups in total. The summed E-state index contributed by atoms with van der Waals surface area (Å²) in [5.41, 5.74) is 10.4. The summed E-state index contributed by atoms with van der Waals surface area (Å²) in [6.45, 7) is 0.487. The second-order valence-electron chi connectivity index (χ2n) is 8.52. The number of nitrogens with zero attached hydrogens (tertiary/aromatic N) is 3. The second kappa shape index (κ2) is 11.0. The van der Waals surface area contributed by atoms with E-state index in [0.29, 0.717) is 18.7 Å². The fourth-order valence-electron chi connectivity index (χ4n) is 4.27. The smallest absolute Gasteiger partial charge is 0.316 e. The zero-order chi connectivity index (χ0) is 25.9. The Morgan fingerprint density at radius 2 is 1.89 bits per heavy atom. The summed E-state index contributed by atoms with van der Waals surface area (Å²) >= 11 is 5.64. The van der Waals surface area contributed by atoms with Gasteiger partial charge in [0.2, 0.25) is 0 Å². The third-order valence-electron chi connectivity index (χ3n) is 6.05. The molecule has 10 heteroatoms. The van der Waals surface area contributed by atoms with Crippen molar-refractivity contribution in [3.05, 3.63) is 98.2 Å². The molecule has 0 bridgehead atoms. The molecule has 1 aliphatic rings. The Bertz CT molecular complexity index is 1440. The van der Waals surface area contributed by atoms with Crippen LogP contribution >= 0.6 is 38.5 Å². The second-order valence-corrected chi connectivity index (χ2v) is 10.6. The molecule has 0 radical (unpaired) electrons. The van der Waals surface area contributed by atoms with Crippen molar-refractivity contribution in [2.24, 2.45) is 5.73 Å². The molecule has 2 heterocycles. The highest BCUT2D eigenvalue weighted by atomic mass is 127. The van der Waals surface area contributed by atoms with E-state index in [1.807, 2.05) is 83.7 Å². The van der Waals surface area contributed by atoms with Crippen molar-refractivity contribution in [3.8, 4) is 16.9 Å². The lowest BCUT2D eigenvalue weighted by atomic mass is 10.1. The van der Waals surface area contributed by atoms with Crippen LogP contribution in [0.4, 0.5) is 10.5 Å². The molecule has 1 aliphatic heterocycles. The number of amides is 3. The zero-order valence-electron chi connectivity index (χ0n) is 19.6. The van der Waals surface area contributed by atoms with E-state index >= 15 is 0 Å². The summed E-state index contributed by atoms with van der Waals surface area (Å²) in [5.74, 6) is -0.0675. The molecule has 0 saturated carbocycles. The van der Waals surface area contributed by atoms with Crippen molar-refractivity contribution in [1.29, 1.82) is 0 Å². The van der Waals surface area contributed by atoms with E-state index in [4.69, 9.17) is 15.6 Å². The van der Waals surface area contributed by atoms with Crippen molar-refractivity contribution in [1.82, 2.24) is 14.7 Å². The number of primary amides is 1. The summed E-state index contributed by atoms with van der Waals surface area (Å²) in [6.07, 6.45) is 2.01. The number of nitrogens with two attached hydrogens (primary N) is 1. The van der Waals surface area contributed by atoms with Gasteiger partial charge in [-0.3, -0.25) is 4.79 Å². The lowest BCUT2D eigenvalue weighted by Gasteiger charge is -2.23. The van der Waals surface area contributed by atoms with Crippen LogP contribution in [-0.2, 0) is 16.0 Å². The van der Waals surface area contributed by atoms with Crippen LogP contribution < -0.4 is 11.1 Å². The molecular weight excluding hydrogens is 649 g/mol. The fraction of sp³-hybridized carbons (Fsp3) is 0.148. The molecule has 188 valence electrons. The maximum absolute atomic E-state index is 12.9. The average Bonchev–Trinajstić information content (AvgIpc) is 3.48. The predicted molar refractivity (Wildman–Crippen MR) is 153 cm³/mol. The quantitative estimate of drug-likeness (QED) is 0.254. The van der Waals surface area contributed by atoms with E-state index in [0.717, 1.165) is 36.1 Å². The first-order valence-electron chi connectivity index (χ1n) is 11.6. The third kappa shape index (κ3) is 5.71. The van der Waals surface area contributed by atoms with E-state index in [-0.39, 0.29) is 12.5 Å². The highest BCUT2D eigenvalue weighted by Crippen LogP contribution is 2.35.